The third-order valence-electron chi connectivity index (χ3n) is 3.89. The van der Waals surface area contributed by atoms with E-state index in [2.05, 4.69) is 10.2 Å². The topological polar surface area (TPSA) is 51.0 Å². The van der Waals surface area contributed by atoms with E-state index in [4.69, 9.17) is 0 Å². The Balaban J connectivity index is 1.77. The van der Waals surface area contributed by atoms with Gasteiger partial charge in [-0.05, 0) is 31.0 Å². The summed E-state index contributed by atoms with van der Waals surface area (Å²) in [5.41, 5.74) is 0.397. The van der Waals surface area contributed by atoms with Gasteiger partial charge in [0.15, 0.2) is 0 Å². The maximum atomic E-state index is 13.3. The molecule has 1 fully saturated rings. The molecule has 1 aromatic heterocycles. The molecule has 3 rings (SSSR count). The van der Waals surface area contributed by atoms with E-state index in [9.17, 15) is 9.18 Å². The number of carbonyl (C=O) groups is 1. The Hall–Kier alpha value is -2.24. The Kier molecular flexibility index (Phi) is 3.68. The molecule has 1 aliphatic rings. The van der Waals surface area contributed by atoms with E-state index in [1.54, 1.807) is 23.4 Å². The van der Waals surface area contributed by atoms with E-state index in [-0.39, 0.29) is 17.6 Å². The maximum Gasteiger partial charge on any atom is 0.253 e. The second-order valence-electron chi connectivity index (χ2n) is 5.40. The van der Waals surface area contributed by atoms with Crippen LogP contribution in [-0.4, -0.2) is 38.7 Å². The van der Waals surface area contributed by atoms with Crippen molar-refractivity contribution in [3.63, 3.8) is 0 Å². The minimum Gasteiger partial charge on any atom is -0.338 e. The van der Waals surface area contributed by atoms with Gasteiger partial charge < -0.3 is 9.47 Å². The average molecular weight is 288 g/mol. The van der Waals surface area contributed by atoms with Gasteiger partial charge in [-0.15, -0.1) is 10.2 Å². The zero-order chi connectivity index (χ0) is 14.8. The van der Waals surface area contributed by atoms with E-state index < -0.39 is 0 Å². The maximum absolute atomic E-state index is 13.3. The van der Waals surface area contributed by atoms with Crippen molar-refractivity contribution in [1.29, 1.82) is 0 Å². The SMILES string of the molecule is Cn1cnnc1[C@H]1CCCN(C(=O)c2cccc(F)c2)C1. The lowest BCUT2D eigenvalue weighted by atomic mass is 9.96. The van der Waals surface area contributed by atoms with E-state index >= 15 is 0 Å². The van der Waals surface area contributed by atoms with E-state index in [1.807, 2.05) is 11.6 Å². The molecule has 2 aromatic rings. The number of hydrogen-bond donors (Lipinski definition) is 0. The molecule has 0 spiro atoms. The Morgan fingerprint density at radius 1 is 1.43 bits per heavy atom. The minimum absolute atomic E-state index is 0.124. The van der Waals surface area contributed by atoms with Gasteiger partial charge in [-0.2, -0.15) is 0 Å². The summed E-state index contributed by atoms with van der Waals surface area (Å²) in [6.07, 6.45) is 3.57. The van der Waals surface area contributed by atoms with E-state index in [0.29, 0.717) is 18.7 Å². The summed E-state index contributed by atoms with van der Waals surface area (Å²) in [6, 6.07) is 5.84. The zero-order valence-corrected chi connectivity index (χ0v) is 11.9. The summed E-state index contributed by atoms with van der Waals surface area (Å²) < 4.78 is 15.1. The van der Waals surface area contributed by atoms with Crippen LogP contribution < -0.4 is 0 Å². The lowest BCUT2D eigenvalue weighted by Crippen LogP contribution is -2.39. The van der Waals surface area contributed by atoms with Crippen LogP contribution in [0, 0.1) is 5.82 Å². The number of nitrogens with zero attached hydrogens (tertiary/aromatic N) is 4. The monoisotopic (exact) mass is 288 g/mol. The van der Waals surface area contributed by atoms with Crippen LogP contribution >= 0.6 is 0 Å². The zero-order valence-electron chi connectivity index (χ0n) is 11.9. The van der Waals surface area contributed by atoms with Gasteiger partial charge in [-0.3, -0.25) is 4.79 Å². The fourth-order valence-electron chi connectivity index (χ4n) is 2.84. The highest BCUT2D eigenvalue weighted by atomic mass is 19.1. The molecule has 1 aromatic carbocycles. The second kappa shape index (κ2) is 5.63. The molecular weight excluding hydrogens is 271 g/mol. The number of aromatic nitrogens is 3. The number of amides is 1. The molecule has 1 aliphatic heterocycles. The minimum atomic E-state index is -0.386. The first-order valence-corrected chi connectivity index (χ1v) is 7.04. The van der Waals surface area contributed by atoms with Gasteiger partial charge in [-0.25, -0.2) is 4.39 Å². The largest absolute Gasteiger partial charge is 0.338 e. The van der Waals surface area contributed by atoms with Crippen LogP contribution in [0.1, 0.15) is 34.9 Å². The first-order valence-electron chi connectivity index (χ1n) is 7.04. The molecule has 6 heteroatoms. The number of halogens is 1. The van der Waals surface area contributed by atoms with Gasteiger partial charge in [0, 0.05) is 31.6 Å². The third-order valence-corrected chi connectivity index (χ3v) is 3.89. The lowest BCUT2D eigenvalue weighted by molar-refractivity contribution is 0.0703. The molecule has 1 atom stereocenters. The molecule has 0 radical (unpaired) electrons. The molecule has 1 saturated heterocycles. The van der Waals surface area contributed by atoms with Gasteiger partial charge in [0.1, 0.15) is 18.0 Å². The normalized spacial score (nSPS) is 18.8. The van der Waals surface area contributed by atoms with Gasteiger partial charge in [0.25, 0.3) is 5.91 Å². The summed E-state index contributed by atoms with van der Waals surface area (Å²) in [6.45, 7) is 1.30. The van der Waals surface area contributed by atoms with E-state index in [0.717, 1.165) is 18.7 Å². The van der Waals surface area contributed by atoms with Crippen molar-refractivity contribution >= 4 is 5.91 Å². The summed E-state index contributed by atoms with van der Waals surface area (Å²) in [7, 11) is 1.91. The van der Waals surface area contributed by atoms with Crippen LogP contribution in [0.4, 0.5) is 4.39 Å². The Bertz CT molecular complexity index is 655. The van der Waals surface area contributed by atoms with Crippen LogP contribution in [0.25, 0.3) is 0 Å². The van der Waals surface area contributed by atoms with Crippen molar-refractivity contribution in [2.75, 3.05) is 13.1 Å². The van der Waals surface area contributed by atoms with Crippen LogP contribution in [0.5, 0.6) is 0 Å². The fraction of sp³-hybridized carbons (Fsp3) is 0.400. The van der Waals surface area contributed by atoms with Crippen molar-refractivity contribution in [3.05, 3.63) is 47.8 Å². The molecule has 0 saturated carbocycles. The van der Waals surface area contributed by atoms with Crippen LogP contribution in [0.15, 0.2) is 30.6 Å². The van der Waals surface area contributed by atoms with Crippen LogP contribution in [0.3, 0.4) is 0 Å². The fourth-order valence-corrected chi connectivity index (χ4v) is 2.84. The second-order valence-corrected chi connectivity index (χ2v) is 5.40. The van der Waals surface area contributed by atoms with Gasteiger partial charge >= 0.3 is 0 Å². The number of hydrogen-bond acceptors (Lipinski definition) is 3. The number of rotatable bonds is 2. The molecule has 110 valence electrons. The van der Waals surface area contributed by atoms with Gasteiger partial charge in [0.05, 0.1) is 0 Å². The van der Waals surface area contributed by atoms with Gasteiger partial charge in [-0.1, -0.05) is 6.07 Å². The summed E-state index contributed by atoms with van der Waals surface area (Å²) >= 11 is 0. The third kappa shape index (κ3) is 2.79. The first-order chi connectivity index (χ1) is 10.1. The number of piperidine rings is 1. The Morgan fingerprint density at radius 2 is 2.29 bits per heavy atom. The molecular formula is C15H17FN4O. The standard InChI is InChI=1S/C15H17FN4O/c1-19-10-17-18-14(19)12-5-3-7-20(9-12)15(21)11-4-2-6-13(16)8-11/h2,4,6,8,10,12H,3,5,7,9H2,1H3/t12-/m0/s1. The van der Waals surface area contributed by atoms with Crippen molar-refractivity contribution in [2.24, 2.45) is 7.05 Å². The molecule has 1 amide bonds. The van der Waals surface area contributed by atoms with Crippen LogP contribution in [0.2, 0.25) is 0 Å². The highest BCUT2D eigenvalue weighted by Crippen LogP contribution is 2.26. The summed E-state index contributed by atoms with van der Waals surface area (Å²) in [5, 5.41) is 8.03. The molecule has 0 bridgehead atoms. The molecule has 2 heterocycles. The summed E-state index contributed by atoms with van der Waals surface area (Å²) in [5.74, 6) is 0.569. The average Bonchev–Trinajstić information content (AvgIpc) is 2.93. The summed E-state index contributed by atoms with van der Waals surface area (Å²) in [4.78, 5) is 14.2. The van der Waals surface area contributed by atoms with Crippen molar-refractivity contribution in [1.82, 2.24) is 19.7 Å². The molecule has 5 nitrogen and oxygen atoms in total. The van der Waals surface area contributed by atoms with Crippen molar-refractivity contribution < 1.29 is 9.18 Å². The molecule has 0 aliphatic carbocycles. The number of aryl methyl sites for hydroxylation is 1. The van der Waals surface area contributed by atoms with Gasteiger partial charge in [0.2, 0.25) is 0 Å². The van der Waals surface area contributed by atoms with Crippen molar-refractivity contribution in [3.8, 4) is 0 Å². The first kappa shape index (κ1) is 13.7. The number of benzene rings is 1. The molecule has 0 unspecified atom stereocenters. The smallest absolute Gasteiger partial charge is 0.253 e. The quantitative estimate of drug-likeness (QED) is 0.849. The Morgan fingerprint density at radius 3 is 3.00 bits per heavy atom. The highest BCUT2D eigenvalue weighted by Gasteiger charge is 2.28. The number of likely N-dealkylation sites (tertiary alicyclic amines) is 1. The predicted molar refractivity (Wildman–Crippen MR) is 75.3 cm³/mol. The molecule has 0 N–H and O–H groups in total. The molecule has 21 heavy (non-hydrogen) atoms. The Labute approximate surface area is 122 Å². The number of carbonyl (C=O) groups excluding carboxylic acids is 1. The highest BCUT2D eigenvalue weighted by molar-refractivity contribution is 5.94. The predicted octanol–water partition coefficient (Wildman–Crippen LogP) is 1.97. The van der Waals surface area contributed by atoms with Crippen molar-refractivity contribution in [2.45, 2.75) is 18.8 Å². The lowest BCUT2D eigenvalue weighted by Gasteiger charge is -2.32. The van der Waals surface area contributed by atoms with Crippen LogP contribution in [-0.2, 0) is 7.05 Å². The van der Waals surface area contributed by atoms with E-state index in [1.165, 1.54) is 12.1 Å².